The first-order valence-corrected chi connectivity index (χ1v) is 9.05. The Hall–Kier alpha value is -1.14. The molecule has 1 aromatic rings. The topological polar surface area (TPSA) is 49.8 Å². The Morgan fingerprint density at radius 1 is 1.55 bits per heavy atom. The highest BCUT2D eigenvalue weighted by molar-refractivity contribution is 7.11. The number of rotatable bonds is 4. The number of hydrogen-bond donors (Lipinski definition) is 1. The molecule has 122 valence electrons. The van der Waals surface area contributed by atoms with Gasteiger partial charge in [-0.25, -0.2) is 4.98 Å². The second kappa shape index (κ2) is 6.96. The number of likely N-dealkylation sites (tertiary alicyclic amines) is 1. The van der Waals surface area contributed by atoms with E-state index in [-0.39, 0.29) is 0 Å². The molecule has 5 nitrogen and oxygen atoms in total. The first kappa shape index (κ1) is 15.7. The highest BCUT2D eigenvalue weighted by atomic mass is 32.1. The van der Waals surface area contributed by atoms with E-state index in [1.54, 1.807) is 11.3 Å². The van der Waals surface area contributed by atoms with Crippen LogP contribution in [0, 0.1) is 12.3 Å². The third-order valence-corrected chi connectivity index (χ3v) is 5.49. The van der Waals surface area contributed by atoms with E-state index in [4.69, 9.17) is 9.73 Å². The van der Waals surface area contributed by atoms with Crippen LogP contribution in [0.25, 0.3) is 0 Å². The molecule has 6 heteroatoms. The minimum atomic E-state index is 0.378. The Labute approximate surface area is 136 Å². The van der Waals surface area contributed by atoms with Crippen molar-refractivity contribution in [3.8, 4) is 0 Å². The Bertz CT molecular complexity index is 522. The fraction of sp³-hybridized carbons (Fsp3) is 0.750. The highest BCUT2D eigenvalue weighted by Gasteiger charge is 2.42. The Morgan fingerprint density at radius 3 is 3.14 bits per heavy atom. The van der Waals surface area contributed by atoms with E-state index in [9.17, 15) is 0 Å². The second-order valence-electron chi connectivity index (χ2n) is 6.32. The zero-order valence-corrected chi connectivity index (χ0v) is 14.4. The summed E-state index contributed by atoms with van der Waals surface area (Å²) in [6, 6.07) is 0. The van der Waals surface area contributed by atoms with Gasteiger partial charge in [-0.2, -0.15) is 0 Å². The average molecular weight is 322 g/mol. The van der Waals surface area contributed by atoms with Crippen molar-refractivity contribution in [3.05, 3.63) is 16.1 Å². The van der Waals surface area contributed by atoms with Crippen molar-refractivity contribution in [2.24, 2.45) is 10.4 Å². The van der Waals surface area contributed by atoms with Gasteiger partial charge in [-0.1, -0.05) is 0 Å². The van der Waals surface area contributed by atoms with E-state index in [1.165, 1.54) is 22.7 Å². The average Bonchev–Trinajstić information content (AvgIpc) is 3.22. The lowest BCUT2D eigenvalue weighted by Gasteiger charge is -2.24. The quantitative estimate of drug-likeness (QED) is 0.681. The van der Waals surface area contributed by atoms with E-state index in [0.717, 1.165) is 51.8 Å². The molecule has 1 N–H and O–H groups in total. The van der Waals surface area contributed by atoms with Gasteiger partial charge in [0.15, 0.2) is 5.96 Å². The van der Waals surface area contributed by atoms with Gasteiger partial charge in [0.25, 0.3) is 0 Å². The maximum absolute atomic E-state index is 5.62. The maximum Gasteiger partial charge on any atom is 0.193 e. The van der Waals surface area contributed by atoms with Gasteiger partial charge in [-0.15, -0.1) is 11.3 Å². The first-order valence-electron chi connectivity index (χ1n) is 8.23. The summed E-state index contributed by atoms with van der Waals surface area (Å²) in [4.78, 5) is 12.9. The lowest BCUT2D eigenvalue weighted by molar-refractivity contribution is 0.156. The molecule has 1 spiro atoms. The molecule has 1 unspecified atom stereocenters. The molecule has 0 saturated carbocycles. The molecule has 0 bridgehead atoms. The van der Waals surface area contributed by atoms with Crippen molar-refractivity contribution in [3.63, 3.8) is 0 Å². The summed E-state index contributed by atoms with van der Waals surface area (Å²) >= 11 is 1.77. The molecule has 22 heavy (non-hydrogen) atoms. The van der Waals surface area contributed by atoms with Crippen LogP contribution in [0.3, 0.4) is 0 Å². The summed E-state index contributed by atoms with van der Waals surface area (Å²) in [5.74, 6) is 1.06. The van der Waals surface area contributed by atoms with Crippen LogP contribution in [0.15, 0.2) is 11.2 Å². The Morgan fingerprint density at radius 2 is 2.45 bits per heavy atom. The number of aryl methyl sites for hydroxylation is 1. The lowest BCUT2D eigenvalue weighted by Crippen LogP contribution is -2.41. The predicted molar refractivity (Wildman–Crippen MR) is 90.6 cm³/mol. The summed E-state index contributed by atoms with van der Waals surface area (Å²) in [6.07, 6.45) is 5.29. The molecular weight excluding hydrogens is 296 g/mol. The van der Waals surface area contributed by atoms with Crippen LogP contribution < -0.4 is 5.32 Å². The molecule has 3 rings (SSSR count). The maximum atomic E-state index is 5.62. The van der Waals surface area contributed by atoms with Crippen molar-refractivity contribution in [1.82, 2.24) is 15.2 Å². The molecule has 2 aliphatic rings. The van der Waals surface area contributed by atoms with Crippen molar-refractivity contribution < 1.29 is 4.74 Å². The van der Waals surface area contributed by atoms with E-state index in [2.05, 4.69) is 29.0 Å². The van der Waals surface area contributed by atoms with Gasteiger partial charge >= 0.3 is 0 Å². The van der Waals surface area contributed by atoms with Crippen molar-refractivity contribution in [1.29, 1.82) is 0 Å². The Balaban J connectivity index is 1.58. The van der Waals surface area contributed by atoms with Gasteiger partial charge in [0.05, 0.1) is 11.6 Å². The van der Waals surface area contributed by atoms with Crippen LogP contribution in [0.4, 0.5) is 0 Å². The molecule has 1 aromatic heterocycles. The van der Waals surface area contributed by atoms with Gasteiger partial charge in [-0.3, -0.25) is 4.99 Å². The summed E-state index contributed by atoms with van der Waals surface area (Å²) in [6.45, 7) is 9.95. The second-order valence-corrected chi connectivity index (χ2v) is 7.64. The minimum absolute atomic E-state index is 0.378. The zero-order chi connectivity index (χ0) is 15.4. The van der Waals surface area contributed by atoms with Crippen LogP contribution in [-0.2, 0) is 11.2 Å². The molecule has 1 atom stereocenters. The molecule has 0 radical (unpaired) electrons. The first-order chi connectivity index (χ1) is 10.7. The van der Waals surface area contributed by atoms with E-state index < -0.39 is 0 Å². The SMILES string of the molecule is CCNC(=NCCc1ncc(C)s1)N1CCC2(CCOC2)C1. The van der Waals surface area contributed by atoms with Gasteiger partial charge in [0.2, 0.25) is 0 Å². The minimum Gasteiger partial charge on any atom is -0.381 e. The molecule has 0 amide bonds. The van der Waals surface area contributed by atoms with Gasteiger partial charge in [-0.05, 0) is 26.7 Å². The summed E-state index contributed by atoms with van der Waals surface area (Å²) < 4.78 is 5.62. The highest BCUT2D eigenvalue weighted by Crippen LogP contribution is 2.38. The van der Waals surface area contributed by atoms with Crippen molar-refractivity contribution in [2.75, 3.05) is 39.4 Å². The normalized spacial score (nSPS) is 25.4. The zero-order valence-electron chi connectivity index (χ0n) is 13.6. The Kier molecular flexibility index (Phi) is 4.98. The van der Waals surface area contributed by atoms with Crippen LogP contribution in [0.2, 0.25) is 0 Å². The van der Waals surface area contributed by atoms with Crippen LogP contribution in [0.1, 0.15) is 29.7 Å². The number of ether oxygens (including phenoxy) is 1. The van der Waals surface area contributed by atoms with Crippen LogP contribution in [-0.4, -0.2) is 55.2 Å². The van der Waals surface area contributed by atoms with Gasteiger partial charge < -0.3 is 15.0 Å². The van der Waals surface area contributed by atoms with Gasteiger partial charge in [0, 0.05) is 55.7 Å². The number of nitrogens with zero attached hydrogens (tertiary/aromatic N) is 3. The monoisotopic (exact) mass is 322 g/mol. The van der Waals surface area contributed by atoms with Crippen LogP contribution >= 0.6 is 11.3 Å². The summed E-state index contributed by atoms with van der Waals surface area (Å²) in [5, 5.41) is 4.62. The van der Waals surface area contributed by atoms with Gasteiger partial charge in [0.1, 0.15) is 0 Å². The van der Waals surface area contributed by atoms with E-state index in [0.29, 0.717) is 5.41 Å². The molecule has 2 fully saturated rings. The number of aliphatic imine (C=N–C) groups is 1. The number of nitrogens with one attached hydrogen (secondary N) is 1. The number of aromatic nitrogens is 1. The van der Waals surface area contributed by atoms with Crippen molar-refractivity contribution in [2.45, 2.75) is 33.1 Å². The number of hydrogen-bond acceptors (Lipinski definition) is 4. The van der Waals surface area contributed by atoms with Crippen LogP contribution in [0.5, 0.6) is 0 Å². The molecule has 0 aliphatic carbocycles. The third-order valence-electron chi connectivity index (χ3n) is 4.51. The van der Waals surface area contributed by atoms with E-state index >= 15 is 0 Å². The molecule has 0 aromatic carbocycles. The number of thiazole rings is 1. The smallest absolute Gasteiger partial charge is 0.193 e. The molecule has 2 aliphatic heterocycles. The lowest BCUT2D eigenvalue weighted by atomic mass is 9.87. The molecule has 2 saturated heterocycles. The largest absolute Gasteiger partial charge is 0.381 e. The van der Waals surface area contributed by atoms with Crippen molar-refractivity contribution >= 4 is 17.3 Å². The van der Waals surface area contributed by atoms with E-state index in [1.807, 2.05) is 6.20 Å². The predicted octanol–water partition coefficient (Wildman–Crippen LogP) is 2.07. The summed E-state index contributed by atoms with van der Waals surface area (Å²) in [7, 11) is 0. The fourth-order valence-electron chi connectivity index (χ4n) is 3.29. The molecular formula is C16H26N4OS. The summed E-state index contributed by atoms with van der Waals surface area (Å²) in [5.41, 5.74) is 0.378. The third kappa shape index (κ3) is 3.60. The standard InChI is InChI=1S/C16H26N4OS/c1-3-17-15(18-7-4-14-19-10-13(2)22-14)20-8-5-16(11-20)6-9-21-12-16/h10H,3-9,11-12H2,1-2H3,(H,17,18). The number of guanidine groups is 1. The fourth-order valence-corrected chi connectivity index (χ4v) is 4.06. The molecule has 3 heterocycles.